The molecule has 2 rings (SSSR count). The first-order valence-electron chi connectivity index (χ1n) is 5.06. The van der Waals surface area contributed by atoms with E-state index in [-0.39, 0.29) is 5.60 Å². The highest BCUT2D eigenvalue weighted by Crippen LogP contribution is 2.58. The number of hydrogen-bond acceptors (Lipinski definition) is 2. The summed E-state index contributed by atoms with van der Waals surface area (Å²) in [6, 6.07) is 0. The van der Waals surface area contributed by atoms with E-state index in [2.05, 4.69) is 13.8 Å². The maximum absolute atomic E-state index is 5.98. The third-order valence-electron chi connectivity index (χ3n) is 3.35. The molecule has 2 saturated carbocycles. The first kappa shape index (κ1) is 8.52. The van der Waals surface area contributed by atoms with E-state index < -0.39 is 0 Å². The van der Waals surface area contributed by atoms with E-state index >= 15 is 0 Å². The fraction of sp³-hybridized carbons (Fsp3) is 1.00. The lowest BCUT2D eigenvalue weighted by Crippen LogP contribution is -2.43. The summed E-state index contributed by atoms with van der Waals surface area (Å²) in [6.07, 6.45) is 4.23. The van der Waals surface area contributed by atoms with E-state index in [9.17, 15) is 0 Å². The molecule has 0 aromatic rings. The molecule has 2 fully saturated rings. The van der Waals surface area contributed by atoms with Crippen LogP contribution in [0.1, 0.15) is 33.1 Å². The van der Waals surface area contributed by atoms with E-state index in [0.717, 1.165) is 11.8 Å². The number of rotatable bonds is 3. The summed E-state index contributed by atoms with van der Waals surface area (Å²) in [5.74, 6) is 1.75. The van der Waals surface area contributed by atoms with E-state index in [1.54, 1.807) is 0 Å². The Morgan fingerprint density at radius 3 is 2.67 bits per heavy atom. The maximum atomic E-state index is 5.98. The number of fused-ring (bicyclic) bond motifs is 1. The highest BCUT2D eigenvalue weighted by Gasteiger charge is 2.58. The quantitative estimate of drug-likeness (QED) is 0.695. The summed E-state index contributed by atoms with van der Waals surface area (Å²) in [7, 11) is 0. The first-order chi connectivity index (χ1) is 5.68. The van der Waals surface area contributed by atoms with E-state index in [1.165, 1.54) is 19.3 Å². The van der Waals surface area contributed by atoms with Gasteiger partial charge in [-0.05, 0) is 44.9 Å². The molecular weight excluding hydrogens is 150 g/mol. The van der Waals surface area contributed by atoms with Crippen molar-refractivity contribution < 1.29 is 4.74 Å². The van der Waals surface area contributed by atoms with Crippen molar-refractivity contribution in [3.05, 3.63) is 0 Å². The lowest BCUT2D eigenvalue weighted by Gasteiger charge is -2.32. The Hall–Kier alpha value is -0.0800. The van der Waals surface area contributed by atoms with Crippen LogP contribution in [0.4, 0.5) is 0 Å². The summed E-state index contributed by atoms with van der Waals surface area (Å²) in [5.41, 5.74) is 5.88. The highest BCUT2D eigenvalue weighted by molar-refractivity contribution is 5.09. The molecule has 0 aromatic carbocycles. The SMILES string of the molecule is CC(C)OC1(CN)CCC2CC21. The Morgan fingerprint density at radius 2 is 2.33 bits per heavy atom. The maximum Gasteiger partial charge on any atom is 0.0838 e. The molecule has 0 radical (unpaired) electrons. The summed E-state index contributed by atoms with van der Waals surface area (Å²) in [6.45, 7) is 4.92. The lowest BCUT2D eigenvalue weighted by molar-refractivity contribution is -0.0837. The molecule has 2 aliphatic carbocycles. The Balaban J connectivity index is 2.03. The lowest BCUT2D eigenvalue weighted by atomic mass is 9.97. The normalized spacial score (nSPS) is 45.0. The summed E-state index contributed by atoms with van der Waals surface area (Å²) in [5, 5.41) is 0. The van der Waals surface area contributed by atoms with Gasteiger partial charge in [0, 0.05) is 6.54 Å². The fourth-order valence-electron chi connectivity index (χ4n) is 2.74. The van der Waals surface area contributed by atoms with Crippen LogP contribution >= 0.6 is 0 Å². The predicted molar refractivity (Wildman–Crippen MR) is 48.8 cm³/mol. The standard InChI is InChI=1S/C10H19NO/c1-7(2)12-10(6-11)4-3-8-5-9(8)10/h7-9H,3-6,11H2,1-2H3. The van der Waals surface area contributed by atoms with Crippen LogP contribution in [0.3, 0.4) is 0 Å². The van der Waals surface area contributed by atoms with Crippen LogP contribution in [0, 0.1) is 11.8 Å². The van der Waals surface area contributed by atoms with Crippen LogP contribution in [-0.4, -0.2) is 18.2 Å². The van der Waals surface area contributed by atoms with Gasteiger partial charge in [0.05, 0.1) is 11.7 Å². The van der Waals surface area contributed by atoms with Crippen LogP contribution in [-0.2, 0) is 4.74 Å². The van der Waals surface area contributed by atoms with Gasteiger partial charge < -0.3 is 10.5 Å². The van der Waals surface area contributed by atoms with Gasteiger partial charge >= 0.3 is 0 Å². The Kier molecular flexibility index (Phi) is 1.92. The van der Waals surface area contributed by atoms with Gasteiger partial charge in [0.2, 0.25) is 0 Å². The van der Waals surface area contributed by atoms with Gasteiger partial charge in [-0.25, -0.2) is 0 Å². The van der Waals surface area contributed by atoms with Crippen molar-refractivity contribution in [1.82, 2.24) is 0 Å². The second-order valence-corrected chi connectivity index (χ2v) is 4.58. The second-order valence-electron chi connectivity index (χ2n) is 4.58. The van der Waals surface area contributed by atoms with Gasteiger partial charge in [0.1, 0.15) is 0 Å². The Morgan fingerprint density at radius 1 is 1.58 bits per heavy atom. The van der Waals surface area contributed by atoms with E-state index in [1.807, 2.05) is 0 Å². The summed E-state index contributed by atoms with van der Waals surface area (Å²) in [4.78, 5) is 0. The molecule has 3 atom stereocenters. The molecule has 0 heterocycles. The molecule has 0 aliphatic heterocycles. The average molecular weight is 169 g/mol. The van der Waals surface area contributed by atoms with Crippen molar-refractivity contribution in [3.8, 4) is 0 Å². The van der Waals surface area contributed by atoms with Crippen molar-refractivity contribution in [1.29, 1.82) is 0 Å². The molecule has 3 unspecified atom stereocenters. The Labute approximate surface area is 74.5 Å². The van der Waals surface area contributed by atoms with Gasteiger partial charge in [-0.3, -0.25) is 0 Å². The molecule has 2 aliphatic rings. The second kappa shape index (κ2) is 2.71. The van der Waals surface area contributed by atoms with Crippen molar-refractivity contribution in [2.45, 2.75) is 44.8 Å². The monoisotopic (exact) mass is 169 g/mol. The Bertz CT molecular complexity index is 181. The van der Waals surface area contributed by atoms with Crippen molar-refractivity contribution in [2.24, 2.45) is 17.6 Å². The van der Waals surface area contributed by atoms with E-state index in [0.29, 0.717) is 12.6 Å². The molecule has 2 nitrogen and oxygen atoms in total. The van der Waals surface area contributed by atoms with Crippen LogP contribution in [0.2, 0.25) is 0 Å². The van der Waals surface area contributed by atoms with Crippen molar-refractivity contribution in [3.63, 3.8) is 0 Å². The first-order valence-corrected chi connectivity index (χ1v) is 5.06. The molecule has 2 N–H and O–H groups in total. The van der Waals surface area contributed by atoms with E-state index in [4.69, 9.17) is 10.5 Å². The summed E-state index contributed by atoms with van der Waals surface area (Å²) < 4.78 is 5.98. The average Bonchev–Trinajstić information content (AvgIpc) is 2.72. The van der Waals surface area contributed by atoms with Crippen LogP contribution < -0.4 is 5.73 Å². The minimum absolute atomic E-state index is 0.0683. The predicted octanol–water partition coefficient (Wildman–Crippen LogP) is 1.54. The third-order valence-corrected chi connectivity index (χ3v) is 3.35. The van der Waals surface area contributed by atoms with Crippen molar-refractivity contribution in [2.75, 3.05) is 6.54 Å². The minimum Gasteiger partial charge on any atom is -0.371 e. The molecule has 0 aromatic heterocycles. The van der Waals surface area contributed by atoms with Gasteiger partial charge in [0.25, 0.3) is 0 Å². The topological polar surface area (TPSA) is 35.2 Å². The highest BCUT2D eigenvalue weighted by atomic mass is 16.5. The molecule has 0 spiro atoms. The number of ether oxygens (including phenoxy) is 1. The zero-order valence-corrected chi connectivity index (χ0v) is 8.05. The fourth-order valence-corrected chi connectivity index (χ4v) is 2.74. The number of nitrogens with two attached hydrogens (primary N) is 1. The third kappa shape index (κ3) is 1.17. The molecule has 0 amide bonds. The van der Waals surface area contributed by atoms with Crippen molar-refractivity contribution >= 4 is 0 Å². The van der Waals surface area contributed by atoms with Crippen LogP contribution in [0.5, 0.6) is 0 Å². The smallest absolute Gasteiger partial charge is 0.0838 e. The molecular formula is C10H19NO. The van der Waals surface area contributed by atoms with Crippen LogP contribution in [0.15, 0.2) is 0 Å². The zero-order chi connectivity index (χ0) is 8.77. The van der Waals surface area contributed by atoms with Crippen LogP contribution in [0.25, 0.3) is 0 Å². The largest absolute Gasteiger partial charge is 0.371 e. The van der Waals surface area contributed by atoms with Gasteiger partial charge in [-0.1, -0.05) is 0 Å². The molecule has 0 bridgehead atoms. The molecule has 12 heavy (non-hydrogen) atoms. The number of hydrogen-bond donors (Lipinski definition) is 1. The molecule has 0 saturated heterocycles. The van der Waals surface area contributed by atoms with Gasteiger partial charge in [-0.15, -0.1) is 0 Å². The molecule has 2 heteroatoms. The van der Waals surface area contributed by atoms with Gasteiger partial charge in [0.15, 0.2) is 0 Å². The zero-order valence-electron chi connectivity index (χ0n) is 8.05. The molecule has 70 valence electrons. The van der Waals surface area contributed by atoms with Gasteiger partial charge in [-0.2, -0.15) is 0 Å². The summed E-state index contributed by atoms with van der Waals surface area (Å²) >= 11 is 0. The minimum atomic E-state index is 0.0683.